The van der Waals surface area contributed by atoms with Gasteiger partial charge in [0.1, 0.15) is 0 Å². The molecule has 0 saturated heterocycles. The van der Waals surface area contributed by atoms with E-state index >= 15 is 0 Å². The first-order valence-corrected chi connectivity index (χ1v) is 9.30. The van der Waals surface area contributed by atoms with Crippen LogP contribution < -0.4 is 0 Å². The minimum absolute atomic E-state index is 0.508. The summed E-state index contributed by atoms with van der Waals surface area (Å²) < 4.78 is 0. The molecular formula is C18H21BrS. The number of halogens is 1. The lowest BCUT2D eigenvalue weighted by Crippen LogP contribution is -2.09. The van der Waals surface area contributed by atoms with E-state index in [4.69, 9.17) is 0 Å². The van der Waals surface area contributed by atoms with E-state index in [0.717, 1.165) is 12.3 Å². The van der Waals surface area contributed by atoms with Gasteiger partial charge in [-0.2, -0.15) is 0 Å². The van der Waals surface area contributed by atoms with E-state index in [0.29, 0.717) is 4.83 Å². The van der Waals surface area contributed by atoms with Gasteiger partial charge in [0, 0.05) is 14.6 Å². The van der Waals surface area contributed by atoms with E-state index < -0.39 is 0 Å². The second-order valence-electron chi connectivity index (χ2n) is 5.68. The van der Waals surface area contributed by atoms with Crippen LogP contribution in [-0.2, 0) is 19.3 Å². The average Bonchev–Trinajstić information content (AvgIpc) is 2.87. The third-order valence-electron chi connectivity index (χ3n) is 4.32. The van der Waals surface area contributed by atoms with Crippen LogP contribution in [0.25, 0.3) is 0 Å². The van der Waals surface area contributed by atoms with E-state index in [9.17, 15) is 0 Å². The summed E-state index contributed by atoms with van der Waals surface area (Å²) in [4.78, 5) is 3.57. The van der Waals surface area contributed by atoms with Gasteiger partial charge in [0.2, 0.25) is 0 Å². The van der Waals surface area contributed by atoms with Crippen LogP contribution >= 0.6 is 27.3 Å². The molecule has 0 aliphatic heterocycles. The van der Waals surface area contributed by atoms with E-state index in [1.54, 1.807) is 4.88 Å². The monoisotopic (exact) mass is 348 g/mol. The summed E-state index contributed by atoms with van der Waals surface area (Å²) >= 11 is 5.99. The fourth-order valence-electron chi connectivity index (χ4n) is 3.17. The molecule has 0 fully saturated rings. The van der Waals surface area contributed by atoms with Gasteiger partial charge >= 0.3 is 0 Å². The fraction of sp³-hybridized carbons (Fsp3) is 0.444. The molecule has 0 saturated carbocycles. The number of fused-ring (bicyclic) bond motifs is 1. The Morgan fingerprint density at radius 3 is 2.75 bits per heavy atom. The number of aryl methyl sites for hydroxylation is 2. The van der Waals surface area contributed by atoms with Crippen LogP contribution in [0.3, 0.4) is 0 Å². The Morgan fingerprint density at radius 1 is 1.15 bits per heavy atom. The smallest absolute Gasteiger partial charge is 0.0429 e. The van der Waals surface area contributed by atoms with Crippen LogP contribution in [0.1, 0.15) is 45.5 Å². The van der Waals surface area contributed by atoms with Gasteiger partial charge in [-0.15, -0.1) is 11.3 Å². The van der Waals surface area contributed by atoms with Crippen LogP contribution in [0.5, 0.6) is 0 Å². The number of thiophene rings is 1. The zero-order valence-electron chi connectivity index (χ0n) is 11.9. The molecule has 2 unspecified atom stereocenters. The van der Waals surface area contributed by atoms with Crippen LogP contribution in [0.2, 0.25) is 0 Å². The van der Waals surface area contributed by atoms with Gasteiger partial charge in [-0.1, -0.05) is 47.1 Å². The number of alkyl halides is 1. The van der Waals surface area contributed by atoms with E-state index in [2.05, 4.69) is 59.3 Å². The number of hydrogen-bond donors (Lipinski definition) is 0. The van der Waals surface area contributed by atoms with Crippen molar-refractivity contribution in [1.29, 1.82) is 0 Å². The zero-order valence-corrected chi connectivity index (χ0v) is 14.3. The molecule has 0 nitrogen and oxygen atoms in total. The first-order valence-electron chi connectivity index (χ1n) is 7.57. The van der Waals surface area contributed by atoms with Gasteiger partial charge in [-0.25, -0.2) is 0 Å². The van der Waals surface area contributed by atoms with E-state index in [1.807, 2.05) is 11.3 Å². The predicted molar refractivity (Wildman–Crippen MR) is 91.9 cm³/mol. The summed E-state index contributed by atoms with van der Waals surface area (Å²) in [5.41, 5.74) is 3.06. The Kier molecular flexibility index (Phi) is 4.62. The maximum absolute atomic E-state index is 3.99. The van der Waals surface area contributed by atoms with Crippen molar-refractivity contribution in [2.24, 2.45) is 5.92 Å². The molecule has 0 N–H and O–H groups in total. The van der Waals surface area contributed by atoms with Crippen molar-refractivity contribution in [3.05, 3.63) is 57.3 Å². The SMILES string of the molecule is CCc1ccc(CC2CCCc3ccccc3C2Br)s1. The third kappa shape index (κ3) is 3.01. The van der Waals surface area contributed by atoms with Crippen molar-refractivity contribution in [3.8, 4) is 0 Å². The number of hydrogen-bond acceptors (Lipinski definition) is 1. The van der Waals surface area contributed by atoms with Crippen molar-refractivity contribution in [3.63, 3.8) is 0 Å². The standard InChI is InChI=1S/C18H21BrS/c1-2-15-10-11-16(20-15)12-14-8-5-7-13-6-3-4-9-17(13)18(14)19/h3-4,6,9-11,14,18H,2,5,7-8,12H2,1H3. The van der Waals surface area contributed by atoms with Crippen LogP contribution in [0.15, 0.2) is 36.4 Å². The molecule has 106 valence electrons. The van der Waals surface area contributed by atoms with Crippen LogP contribution in [0, 0.1) is 5.92 Å². The molecule has 1 aliphatic carbocycles. The largest absolute Gasteiger partial charge is 0.145 e. The maximum Gasteiger partial charge on any atom is 0.0429 e. The molecule has 1 aromatic carbocycles. The quantitative estimate of drug-likeness (QED) is 0.475. The zero-order chi connectivity index (χ0) is 13.9. The molecule has 0 radical (unpaired) electrons. The minimum Gasteiger partial charge on any atom is -0.145 e. The van der Waals surface area contributed by atoms with Crippen LogP contribution in [0.4, 0.5) is 0 Å². The van der Waals surface area contributed by atoms with Crippen molar-refractivity contribution in [2.75, 3.05) is 0 Å². The molecule has 2 heteroatoms. The molecule has 2 atom stereocenters. The number of rotatable bonds is 3. The summed E-state index contributed by atoms with van der Waals surface area (Å²) in [5, 5.41) is 0. The molecule has 1 heterocycles. The summed E-state index contributed by atoms with van der Waals surface area (Å²) in [6.07, 6.45) is 6.25. The Hall–Kier alpha value is -0.600. The molecule has 1 aliphatic rings. The first kappa shape index (κ1) is 14.3. The molecule has 3 rings (SSSR count). The van der Waals surface area contributed by atoms with Gasteiger partial charge in [0.05, 0.1) is 0 Å². The second kappa shape index (κ2) is 6.44. The van der Waals surface area contributed by atoms with E-state index in [1.165, 1.54) is 41.7 Å². The summed E-state index contributed by atoms with van der Waals surface area (Å²) in [6.45, 7) is 2.24. The third-order valence-corrected chi connectivity index (χ3v) is 6.81. The highest BCUT2D eigenvalue weighted by Crippen LogP contribution is 2.41. The first-order chi connectivity index (χ1) is 9.78. The highest BCUT2D eigenvalue weighted by atomic mass is 79.9. The molecule has 1 aromatic heterocycles. The molecule has 0 spiro atoms. The lowest BCUT2D eigenvalue weighted by molar-refractivity contribution is 0.478. The Morgan fingerprint density at radius 2 is 1.95 bits per heavy atom. The number of benzene rings is 1. The molecule has 0 bridgehead atoms. The van der Waals surface area contributed by atoms with Crippen LogP contribution in [-0.4, -0.2) is 0 Å². The molecule has 2 aromatic rings. The normalized spacial score (nSPS) is 22.3. The highest BCUT2D eigenvalue weighted by Gasteiger charge is 2.25. The van der Waals surface area contributed by atoms with Crippen molar-refractivity contribution < 1.29 is 0 Å². The topological polar surface area (TPSA) is 0 Å². The van der Waals surface area contributed by atoms with Gasteiger partial charge < -0.3 is 0 Å². The summed E-state index contributed by atoms with van der Waals surface area (Å²) in [5.74, 6) is 0.724. The molecule has 20 heavy (non-hydrogen) atoms. The van der Waals surface area contributed by atoms with Gasteiger partial charge in [-0.3, -0.25) is 0 Å². The minimum atomic E-state index is 0.508. The van der Waals surface area contributed by atoms with Gasteiger partial charge in [-0.05, 0) is 61.3 Å². The Labute approximate surface area is 134 Å². The van der Waals surface area contributed by atoms with Gasteiger partial charge in [0.15, 0.2) is 0 Å². The summed E-state index contributed by atoms with van der Waals surface area (Å²) in [7, 11) is 0. The summed E-state index contributed by atoms with van der Waals surface area (Å²) in [6, 6.07) is 13.6. The fourth-order valence-corrected chi connectivity index (χ4v) is 5.12. The molecule has 0 amide bonds. The lowest BCUT2D eigenvalue weighted by Gasteiger charge is -2.21. The average molecular weight is 349 g/mol. The van der Waals surface area contributed by atoms with Crippen molar-refractivity contribution in [1.82, 2.24) is 0 Å². The Balaban J connectivity index is 1.80. The maximum atomic E-state index is 3.99. The molecular weight excluding hydrogens is 328 g/mol. The van der Waals surface area contributed by atoms with E-state index in [-0.39, 0.29) is 0 Å². The predicted octanol–water partition coefficient (Wildman–Crippen LogP) is 5.94. The lowest BCUT2D eigenvalue weighted by atomic mass is 9.93. The highest BCUT2D eigenvalue weighted by molar-refractivity contribution is 9.09. The van der Waals surface area contributed by atoms with Crippen molar-refractivity contribution in [2.45, 2.75) is 43.9 Å². The van der Waals surface area contributed by atoms with Gasteiger partial charge in [0.25, 0.3) is 0 Å². The second-order valence-corrected chi connectivity index (χ2v) is 7.92. The Bertz CT molecular complexity index is 572. The van der Waals surface area contributed by atoms with Crippen molar-refractivity contribution >= 4 is 27.3 Å².